The summed E-state index contributed by atoms with van der Waals surface area (Å²) in [6, 6.07) is 4.13. The molecular weight excluding hydrogens is 921 g/mol. The number of carboxylic acids is 2. The van der Waals surface area contributed by atoms with Gasteiger partial charge in [-0.05, 0) is 168 Å². The molecule has 2 N–H and O–H groups in total. The van der Waals surface area contributed by atoms with E-state index in [0.717, 1.165) is 103 Å². The highest BCUT2D eigenvalue weighted by atomic mass is 32.1. The molecular formula is C54H72N8O6S2. The van der Waals surface area contributed by atoms with Crippen molar-refractivity contribution in [2.75, 3.05) is 9.80 Å². The summed E-state index contributed by atoms with van der Waals surface area (Å²) in [4.78, 5) is 58.0. The zero-order valence-electron chi connectivity index (χ0n) is 42.3. The molecule has 0 unspecified atom stereocenters. The van der Waals surface area contributed by atoms with Crippen LogP contribution in [0.15, 0.2) is 36.9 Å². The van der Waals surface area contributed by atoms with E-state index < -0.39 is 11.9 Å². The van der Waals surface area contributed by atoms with E-state index in [1.165, 1.54) is 22.7 Å². The molecule has 4 aliphatic rings. The van der Waals surface area contributed by atoms with Crippen LogP contribution in [0, 0.1) is 58.2 Å². The lowest BCUT2D eigenvalue weighted by molar-refractivity contribution is -0.125. The molecule has 70 heavy (non-hydrogen) atoms. The number of thiophene rings is 2. The lowest BCUT2D eigenvalue weighted by Crippen LogP contribution is -2.46. The minimum absolute atomic E-state index is 0.0299. The van der Waals surface area contributed by atoms with Crippen LogP contribution in [0.1, 0.15) is 199 Å². The summed E-state index contributed by atoms with van der Waals surface area (Å²) in [6.45, 7) is 16.7. The minimum Gasteiger partial charge on any atom is -0.477 e. The molecule has 0 atom stereocenters. The Labute approximate surface area is 422 Å². The lowest BCUT2D eigenvalue weighted by Gasteiger charge is -2.39. The molecule has 0 aromatic carbocycles. The summed E-state index contributed by atoms with van der Waals surface area (Å²) in [5, 5.41) is 36.3. The van der Waals surface area contributed by atoms with Gasteiger partial charge < -0.3 is 20.0 Å². The molecule has 16 heteroatoms. The van der Waals surface area contributed by atoms with Gasteiger partial charge in [-0.1, -0.05) is 48.0 Å². The van der Waals surface area contributed by atoms with Crippen LogP contribution in [0.25, 0.3) is 0 Å². The maximum absolute atomic E-state index is 14.0. The fourth-order valence-electron chi connectivity index (χ4n) is 10.4. The monoisotopic (exact) mass is 993 g/mol. The smallest absolute Gasteiger partial charge is 0.348 e. The Kier molecular flexibility index (Phi) is 17.1. The Hall–Kier alpha value is -5.32. The van der Waals surface area contributed by atoms with Crippen molar-refractivity contribution < 1.29 is 29.4 Å². The molecule has 4 saturated carbocycles. The normalized spacial score (nSPS) is 24.9. The summed E-state index contributed by atoms with van der Waals surface area (Å²) < 4.78 is 3.80. The van der Waals surface area contributed by atoms with Crippen LogP contribution < -0.4 is 9.80 Å². The molecule has 4 aliphatic carbocycles. The standard InChI is InChI=1S/2C27H36N4O3S/c2*1-18-5-7-19(8-6-18)25(32)31(21-11-9-20(10-12-21)30-16-15-28-29-30)23-17-22(13-14-27(2,3)4)35-24(23)26(33)34/h2*15-21H,5-12H2,1-4H3,(H,33,34). The van der Waals surface area contributed by atoms with Crippen molar-refractivity contribution in [1.29, 1.82) is 0 Å². The summed E-state index contributed by atoms with van der Waals surface area (Å²) in [5.41, 5.74) is 0.658. The maximum Gasteiger partial charge on any atom is 0.348 e. The highest BCUT2D eigenvalue weighted by Gasteiger charge is 2.40. The highest BCUT2D eigenvalue weighted by Crippen LogP contribution is 2.42. The molecule has 14 nitrogen and oxygen atoms in total. The number of nitrogens with zero attached hydrogens (tertiary/aromatic N) is 8. The molecule has 4 fully saturated rings. The molecule has 0 aliphatic heterocycles. The first-order valence-corrected chi connectivity index (χ1v) is 27.1. The van der Waals surface area contributed by atoms with Crippen LogP contribution in [0.2, 0.25) is 0 Å². The van der Waals surface area contributed by atoms with Crippen LogP contribution in [-0.2, 0) is 9.59 Å². The first-order valence-electron chi connectivity index (χ1n) is 25.4. The van der Waals surface area contributed by atoms with Gasteiger partial charge in [0.25, 0.3) is 0 Å². The molecule has 0 spiro atoms. The van der Waals surface area contributed by atoms with Gasteiger partial charge in [-0.2, -0.15) is 0 Å². The molecule has 4 heterocycles. The fourth-order valence-corrected chi connectivity index (χ4v) is 12.1. The predicted octanol–water partition coefficient (Wildman–Crippen LogP) is 11.6. The third kappa shape index (κ3) is 13.5. The van der Waals surface area contributed by atoms with E-state index in [1.54, 1.807) is 12.4 Å². The second-order valence-corrected chi connectivity index (χ2v) is 24.4. The van der Waals surface area contributed by atoms with E-state index in [1.807, 2.05) is 85.2 Å². The Bertz CT molecular complexity index is 2360. The number of carbonyl (C=O) groups is 4. The predicted molar refractivity (Wildman–Crippen MR) is 275 cm³/mol. The van der Waals surface area contributed by atoms with Crippen molar-refractivity contribution >= 4 is 57.8 Å². The summed E-state index contributed by atoms with van der Waals surface area (Å²) in [5.74, 6) is 12.1. The number of hydrogen-bond donors (Lipinski definition) is 2. The molecule has 376 valence electrons. The van der Waals surface area contributed by atoms with E-state index in [4.69, 9.17) is 0 Å². The van der Waals surface area contributed by atoms with Crippen molar-refractivity contribution in [3.8, 4) is 23.7 Å². The first kappa shape index (κ1) is 52.5. The number of aromatic carboxylic acids is 2. The third-order valence-corrected chi connectivity index (χ3v) is 16.4. The molecule has 4 aromatic rings. The quantitative estimate of drug-likeness (QED) is 0.145. The number of aromatic nitrogens is 6. The van der Waals surface area contributed by atoms with E-state index >= 15 is 0 Å². The fraction of sp³-hybridized carbons (Fsp3) is 0.630. The van der Waals surface area contributed by atoms with E-state index in [9.17, 15) is 29.4 Å². The van der Waals surface area contributed by atoms with Gasteiger partial charge in [0.15, 0.2) is 0 Å². The van der Waals surface area contributed by atoms with Gasteiger partial charge in [0, 0.05) is 47.1 Å². The number of hydrogen-bond acceptors (Lipinski definition) is 10. The molecule has 4 aromatic heterocycles. The Morgan fingerprint density at radius 3 is 1.19 bits per heavy atom. The average molecular weight is 993 g/mol. The zero-order chi connectivity index (χ0) is 50.3. The second kappa shape index (κ2) is 22.8. The second-order valence-electron chi connectivity index (χ2n) is 22.3. The largest absolute Gasteiger partial charge is 0.477 e. The van der Waals surface area contributed by atoms with Crippen molar-refractivity contribution in [1.82, 2.24) is 30.0 Å². The van der Waals surface area contributed by atoms with Gasteiger partial charge >= 0.3 is 11.9 Å². The van der Waals surface area contributed by atoms with Gasteiger partial charge in [-0.25, -0.2) is 19.0 Å². The van der Waals surface area contributed by atoms with Crippen LogP contribution in [0.4, 0.5) is 11.4 Å². The zero-order valence-corrected chi connectivity index (χ0v) is 44.0. The minimum atomic E-state index is -1.000. The lowest BCUT2D eigenvalue weighted by atomic mass is 9.81. The number of carboxylic acid groups (broad SMARTS) is 2. The Balaban J connectivity index is 0.000000206. The average Bonchev–Trinajstić information content (AvgIpc) is 4.18. The van der Waals surface area contributed by atoms with Crippen LogP contribution in [0.5, 0.6) is 0 Å². The van der Waals surface area contributed by atoms with Crippen LogP contribution >= 0.6 is 22.7 Å². The number of carbonyl (C=O) groups excluding carboxylic acids is 2. The van der Waals surface area contributed by atoms with E-state index in [0.29, 0.717) is 33.0 Å². The Morgan fingerprint density at radius 2 is 0.900 bits per heavy atom. The van der Waals surface area contributed by atoms with Crippen molar-refractivity contribution in [2.24, 2.45) is 34.5 Å². The Morgan fingerprint density at radius 1 is 0.557 bits per heavy atom. The molecule has 0 radical (unpaired) electrons. The van der Waals surface area contributed by atoms with E-state index in [-0.39, 0.29) is 68.4 Å². The van der Waals surface area contributed by atoms with Crippen molar-refractivity contribution in [2.45, 2.75) is 182 Å². The first-order chi connectivity index (χ1) is 33.2. The van der Waals surface area contributed by atoms with Crippen molar-refractivity contribution in [3.63, 3.8) is 0 Å². The van der Waals surface area contributed by atoms with Gasteiger partial charge in [0.1, 0.15) is 9.75 Å². The summed E-state index contributed by atoms with van der Waals surface area (Å²) in [6.07, 6.45) is 21.5. The van der Waals surface area contributed by atoms with Gasteiger partial charge in [0.2, 0.25) is 11.8 Å². The number of amides is 2. The van der Waals surface area contributed by atoms with Gasteiger partial charge in [-0.15, -0.1) is 32.9 Å². The van der Waals surface area contributed by atoms with Crippen LogP contribution in [-0.4, -0.2) is 76.0 Å². The molecule has 2 amide bonds. The van der Waals surface area contributed by atoms with Gasteiger partial charge in [0.05, 0.1) is 45.6 Å². The van der Waals surface area contributed by atoms with Crippen molar-refractivity contribution in [3.05, 3.63) is 56.4 Å². The topological polar surface area (TPSA) is 177 Å². The summed E-state index contributed by atoms with van der Waals surface area (Å²) >= 11 is 2.35. The number of anilines is 2. The highest BCUT2D eigenvalue weighted by molar-refractivity contribution is 7.15. The molecule has 8 rings (SSSR count). The van der Waals surface area contributed by atoms with Crippen LogP contribution in [0.3, 0.4) is 0 Å². The SMILES string of the molecule is CC1CCC(C(=O)N(c2cc(C#CC(C)(C)C)sc2C(=O)O)C2CCC(n3ccnn3)CC2)CC1.CC1CCC(C(=O)N(c2cc(C#CC(C)(C)C)sc2C(=O)O)C2CCC(n3ccnn3)CC2)CC1. The third-order valence-electron chi connectivity index (χ3n) is 14.4. The summed E-state index contributed by atoms with van der Waals surface area (Å²) in [7, 11) is 0. The number of rotatable bonds is 10. The van der Waals surface area contributed by atoms with Gasteiger partial charge in [-0.3, -0.25) is 9.59 Å². The maximum atomic E-state index is 14.0. The molecule has 0 saturated heterocycles. The van der Waals surface area contributed by atoms with E-state index in [2.05, 4.69) is 58.2 Å². The molecule has 0 bridgehead atoms.